The maximum absolute atomic E-state index is 11.7. The summed E-state index contributed by atoms with van der Waals surface area (Å²) < 4.78 is 0. The maximum atomic E-state index is 11.7. The Balaban J connectivity index is 0.00000338. The van der Waals surface area contributed by atoms with Crippen molar-refractivity contribution in [2.45, 2.75) is 19.9 Å². The van der Waals surface area contributed by atoms with Crippen LogP contribution in [-0.2, 0) is 13.0 Å². The first-order valence-electron chi connectivity index (χ1n) is 8.46. The minimum atomic E-state index is -0.0694. The first-order valence-corrected chi connectivity index (χ1v) is 8.46. The van der Waals surface area contributed by atoms with E-state index in [1.54, 1.807) is 13.2 Å². The predicted octanol–water partition coefficient (Wildman–Crippen LogP) is 2.36. The standard InChI is InChI=1S/C19H25N5O.HI/c1-3-21-19(24-14-17-9-4-5-11-22-17)23-12-10-15-7-6-8-16(13-15)18(25)20-2;/h4-9,11,13H,3,10,12,14H2,1-2H3,(H,20,25)(H2,21,23,24);1H. The second kappa shape index (κ2) is 12.2. The van der Waals surface area contributed by atoms with Gasteiger partial charge in [0.05, 0.1) is 12.2 Å². The van der Waals surface area contributed by atoms with Crippen LogP contribution in [0.4, 0.5) is 0 Å². The van der Waals surface area contributed by atoms with Crippen molar-refractivity contribution in [1.82, 2.24) is 20.9 Å². The molecule has 3 N–H and O–H groups in total. The van der Waals surface area contributed by atoms with Gasteiger partial charge in [-0.05, 0) is 43.2 Å². The number of halogens is 1. The van der Waals surface area contributed by atoms with Crippen LogP contribution in [0.2, 0.25) is 0 Å². The Labute approximate surface area is 171 Å². The summed E-state index contributed by atoms with van der Waals surface area (Å²) in [5.41, 5.74) is 2.71. The minimum absolute atomic E-state index is 0. The largest absolute Gasteiger partial charge is 0.357 e. The van der Waals surface area contributed by atoms with Crippen molar-refractivity contribution in [1.29, 1.82) is 0 Å². The van der Waals surface area contributed by atoms with Crippen molar-refractivity contribution in [3.05, 3.63) is 65.5 Å². The molecule has 1 amide bonds. The number of rotatable bonds is 7. The smallest absolute Gasteiger partial charge is 0.251 e. The number of nitrogens with one attached hydrogen (secondary N) is 3. The summed E-state index contributed by atoms with van der Waals surface area (Å²) in [7, 11) is 1.64. The van der Waals surface area contributed by atoms with Gasteiger partial charge in [0.1, 0.15) is 0 Å². The Kier molecular flexibility index (Phi) is 10.3. The van der Waals surface area contributed by atoms with Gasteiger partial charge in [-0.1, -0.05) is 18.2 Å². The lowest BCUT2D eigenvalue weighted by Crippen LogP contribution is -2.38. The molecule has 1 aromatic heterocycles. The zero-order valence-electron chi connectivity index (χ0n) is 15.2. The molecule has 0 unspecified atom stereocenters. The summed E-state index contributed by atoms with van der Waals surface area (Å²) in [5, 5.41) is 9.18. The van der Waals surface area contributed by atoms with Crippen LogP contribution in [-0.4, -0.2) is 37.0 Å². The van der Waals surface area contributed by atoms with Crippen molar-refractivity contribution in [2.24, 2.45) is 4.99 Å². The lowest BCUT2D eigenvalue weighted by Gasteiger charge is -2.11. The maximum Gasteiger partial charge on any atom is 0.251 e. The van der Waals surface area contributed by atoms with Gasteiger partial charge in [-0.2, -0.15) is 0 Å². The number of carbonyl (C=O) groups is 1. The number of benzene rings is 1. The number of aromatic nitrogens is 1. The third-order valence-electron chi connectivity index (χ3n) is 3.59. The predicted molar refractivity (Wildman–Crippen MR) is 116 cm³/mol. The van der Waals surface area contributed by atoms with Crippen molar-refractivity contribution in [3.8, 4) is 0 Å². The van der Waals surface area contributed by atoms with Gasteiger partial charge in [0.15, 0.2) is 5.96 Å². The van der Waals surface area contributed by atoms with Gasteiger partial charge in [0, 0.05) is 31.9 Å². The molecule has 0 atom stereocenters. The fourth-order valence-electron chi connectivity index (χ4n) is 2.33. The first-order chi connectivity index (χ1) is 12.2. The number of hydrogen-bond acceptors (Lipinski definition) is 3. The van der Waals surface area contributed by atoms with Crippen LogP contribution < -0.4 is 16.0 Å². The lowest BCUT2D eigenvalue weighted by atomic mass is 10.1. The van der Waals surface area contributed by atoms with Crippen LogP contribution in [0, 0.1) is 0 Å². The Morgan fingerprint density at radius 1 is 1.15 bits per heavy atom. The summed E-state index contributed by atoms with van der Waals surface area (Å²) in [6.45, 7) is 4.08. The molecule has 1 heterocycles. The number of aliphatic imine (C=N–C) groups is 1. The Morgan fingerprint density at radius 2 is 2.00 bits per heavy atom. The van der Waals surface area contributed by atoms with Crippen molar-refractivity contribution >= 4 is 35.8 Å². The highest BCUT2D eigenvalue weighted by atomic mass is 127. The molecule has 26 heavy (non-hydrogen) atoms. The average Bonchev–Trinajstić information content (AvgIpc) is 2.66. The molecule has 2 rings (SSSR count). The molecule has 0 fully saturated rings. The molecule has 140 valence electrons. The monoisotopic (exact) mass is 467 g/mol. The van der Waals surface area contributed by atoms with Gasteiger partial charge in [0.25, 0.3) is 5.91 Å². The number of hydrogen-bond donors (Lipinski definition) is 3. The van der Waals surface area contributed by atoms with E-state index in [-0.39, 0.29) is 29.9 Å². The second-order valence-electron chi connectivity index (χ2n) is 5.47. The van der Waals surface area contributed by atoms with Gasteiger partial charge in [-0.15, -0.1) is 24.0 Å². The van der Waals surface area contributed by atoms with E-state index in [2.05, 4.69) is 25.9 Å². The van der Waals surface area contributed by atoms with Gasteiger partial charge >= 0.3 is 0 Å². The topological polar surface area (TPSA) is 78.4 Å². The first kappa shape index (κ1) is 21.9. The quantitative estimate of drug-likeness (QED) is 0.332. The van der Waals surface area contributed by atoms with Crippen molar-refractivity contribution in [3.63, 3.8) is 0 Å². The fourth-order valence-corrected chi connectivity index (χ4v) is 2.33. The van der Waals surface area contributed by atoms with E-state index in [0.29, 0.717) is 12.1 Å². The minimum Gasteiger partial charge on any atom is -0.357 e. The summed E-state index contributed by atoms with van der Waals surface area (Å²) in [6.07, 6.45) is 2.57. The average molecular weight is 467 g/mol. The van der Waals surface area contributed by atoms with Crippen LogP contribution >= 0.6 is 24.0 Å². The van der Waals surface area contributed by atoms with Gasteiger partial charge in [-0.3, -0.25) is 9.78 Å². The highest BCUT2D eigenvalue weighted by Crippen LogP contribution is 2.05. The van der Waals surface area contributed by atoms with Crippen LogP contribution in [0.15, 0.2) is 53.7 Å². The van der Waals surface area contributed by atoms with E-state index >= 15 is 0 Å². The third kappa shape index (κ3) is 7.38. The van der Waals surface area contributed by atoms with Gasteiger partial charge < -0.3 is 16.0 Å². The Hall–Kier alpha value is -2.16. The second-order valence-corrected chi connectivity index (χ2v) is 5.47. The summed E-state index contributed by atoms with van der Waals surface area (Å²) in [5.74, 6) is 0.690. The molecule has 7 heteroatoms. The van der Waals surface area contributed by atoms with Gasteiger partial charge in [-0.25, -0.2) is 4.99 Å². The molecule has 0 bridgehead atoms. The summed E-state index contributed by atoms with van der Waals surface area (Å²) in [6, 6.07) is 13.5. The number of nitrogens with zero attached hydrogens (tertiary/aromatic N) is 2. The van der Waals surface area contributed by atoms with E-state index in [1.807, 2.05) is 49.4 Å². The highest BCUT2D eigenvalue weighted by molar-refractivity contribution is 14.0. The zero-order valence-corrected chi connectivity index (χ0v) is 17.5. The lowest BCUT2D eigenvalue weighted by molar-refractivity contribution is 0.0963. The van der Waals surface area contributed by atoms with Crippen LogP contribution in [0.3, 0.4) is 0 Å². The van der Waals surface area contributed by atoms with E-state index in [0.717, 1.165) is 36.7 Å². The molecule has 2 aromatic rings. The third-order valence-corrected chi connectivity index (χ3v) is 3.59. The number of amides is 1. The van der Waals surface area contributed by atoms with E-state index in [1.165, 1.54) is 0 Å². The molecule has 0 aliphatic heterocycles. The van der Waals surface area contributed by atoms with Crippen LogP contribution in [0.1, 0.15) is 28.5 Å². The normalized spacial score (nSPS) is 10.6. The summed E-state index contributed by atoms with van der Waals surface area (Å²) in [4.78, 5) is 20.5. The molecule has 0 radical (unpaired) electrons. The Bertz CT molecular complexity index is 706. The zero-order chi connectivity index (χ0) is 17.9. The molecule has 6 nitrogen and oxygen atoms in total. The summed E-state index contributed by atoms with van der Waals surface area (Å²) >= 11 is 0. The molecule has 0 saturated carbocycles. The van der Waals surface area contributed by atoms with Crippen LogP contribution in [0.5, 0.6) is 0 Å². The number of pyridine rings is 1. The Morgan fingerprint density at radius 3 is 2.69 bits per heavy atom. The fraction of sp³-hybridized carbons (Fsp3) is 0.316. The molecule has 1 aromatic carbocycles. The molecule has 0 spiro atoms. The van der Waals surface area contributed by atoms with Gasteiger partial charge in [0.2, 0.25) is 0 Å². The molecule has 0 saturated heterocycles. The highest BCUT2D eigenvalue weighted by Gasteiger charge is 2.04. The SMILES string of the molecule is CCNC(=NCc1ccccn1)NCCc1cccc(C(=O)NC)c1.I. The molecular formula is C19H26IN5O. The van der Waals surface area contributed by atoms with E-state index in [9.17, 15) is 4.79 Å². The van der Waals surface area contributed by atoms with E-state index < -0.39 is 0 Å². The number of carbonyl (C=O) groups excluding carboxylic acids is 1. The molecule has 0 aliphatic rings. The van der Waals surface area contributed by atoms with Crippen molar-refractivity contribution in [2.75, 3.05) is 20.1 Å². The molecule has 0 aliphatic carbocycles. The van der Waals surface area contributed by atoms with E-state index in [4.69, 9.17) is 0 Å². The molecular weight excluding hydrogens is 441 g/mol. The van der Waals surface area contributed by atoms with Crippen LogP contribution in [0.25, 0.3) is 0 Å². The number of guanidine groups is 1. The van der Waals surface area contributed by atoms with Crippen molar-refractivity contribution < 1.29 is 4.79 Å².